The molecule has 2 heterocycles. The van der Waals surface area contributed by atoms with Gasteiger partial charge in [0.05, 0.1) is 4.90 Å². The zero-order chi connectivity index (χ0) is 18.7. The van der Waals surface area contributed by atoms with Crippen molar-refractivity contribution in [2.75, 3.05) is 18.4 Å². The Morgan fingerprint density at radius 1 is 1.12 bits per heavy atom. The number of sulfonamides is 1. The fraction of sp³-hybridized carbons (Fsp3) is 0.529. The normalized spacial score (nSPS) is 24.3. The number of ether oxygens (including phenoxy) is 1. The number of carbonyl (C=O) groups excluding carboxylic acids is 1. The van der Waals surface area contributed by atoms with Crippen molar-refractivity contribution in [1.82, 2.24) is 4.31 Å². The number of hydrogen-bond acceptors (Lipinski definition) is 5. The maximum absolute atomic E-state index is 12.7. The van der Waals surface area contributed by atoms with Gasteiger partial charge >= 0.3 is 5.97 Å². The van der Waals surface area contributed by atoms with Crippen LogP contribution in [0.4, 0.5) is 5.69 Å². The maximum atomic E-state index is 12.7. The van der Waals surface area contributed by atoms with Crippen LogP contribution in [0.5, 0.6) is 0 Å². The largest absolute Gasteiger partial charge is 0.479 e. The average molecular weight is 382 g/mol. The minimum atomic E-state index is -3.59. The fourth-order valence-corrected chi connectivity index (χ4v) is 4.79. The number of rotatable bonds is 5. The summed E-state index contributed by atoms with van der Waals surface area (Å²) < 4.78 is 32.1. The predicted octanol–water partition coefficient (Wildman–Crippen LogP) is 1.43. The first-order chi connectivity index (χ1) is 12.4. The molecule has 0 saturated carbocycles. The molecule has 0 bridgehead atoms. The lowest BCUT2D eigenvalue weighted by Crippen LogP contribution is -2.35. The third-order valence-electron chi connectivity index (χ3n) is 4.64. The molecule has 26 heavy (non-hydrogen) atoms. The number of nitrogens with one attached hydrogen (secondary N) is 1. The molecule has 1 aromatic carbocycles. The van der Waals surface area contributed by atoms with Crippen molar-refractivity contribution in [3.63, 3.8) is 0 Å². The van der Waals surface area contributed by atoms with Crippen LogP contribution in [0.3, 0.4) is 0 Å². The van der Waals surface area contributed by atoms with Gasteiger partial charge in [0.15, 0.2) is 6.10 Å². The van der Waals surface area contributed by atoms with Crippen molar-refractivity contribution in [2.24, 2.45) is 0 Å². The molecule has 8 nitrogen and oxygen atoms in total. The minimum absolute atomic E-state index is 0.132. The van der Waals surface area contributed by atoms with Crippen LogP contribution in [0, 0.1) is 0 Å². The lowest BCUT2D eigenvalue weighted by Gasteiger charge is -2.26. The summed E-state index contributed by atoms with van der Waals surface area (Å²) in [6.07, 6.45) is 1.49. The smallest absolute Gasteiger partial charge is 0.332 e. The van der Waals surface area contributed by atoms with Gasteiger partial charge in [-0.3, -0.25) is 4.79 Å². The summed E-state index contributed by atoms with van der Waals surface area (Å²) in [5.74, 6) is -1.56. The average Bonchev–Trinajstić information content (AvgIpc) is 3.13. The molecule has 142 valence electrons. The van der Waals surface area contributed by atoms with E-state index in [1.54, 1.807) is 12.1 Å². The first kappa shape index (κ1) is 18.8. The van der Waals surface area contributed by atoms with Crippen LogP contribution in [0.1, 0.15) is 32.1 Å². The number of benzene rings is 1. The number of nitrogens with zero attached hydrogens (tertiary/aromatic N) is 1. The molecule has 2 saturated heterocycles. The molecule has 3 rings (SSSR count). The number of hydrogen-bond donors (Lipinski definition) is 2. The highest BCUT2D eigenvalue weighted by atomic mass is 32.2. The van der Waals surface area contributed by atoms with Gasteiger partial charge in [0, 0.05) is 18.8 Å². The second kappa shape index (κ2) is 7.73. The summed E-state index contributed by atoms with van der Waals surface area (Å²) in [7, 11) is -3.59. The molecule has 2 N–H and O–H groups in total. The van der Waals surface area contributed by atoms with Crippen molar-refractivity contribution < 1.29 is 27.9 Å². The van der Waals surface area contributed by atoms with Crippen molar-refractivity contribution in [3.8, 4) is 0 Å². The van der Waals surface area contributed by atoms with E-state index in [2.05, 4.69) is 5.32 Å². The molecule has 0 aliphatic carbocycles. The van der Waals surface area contributed by atoms with E-state index < -0.39 is 34.1 Å². The second-order valence-electron chi connectivity index (χ2n) is 6.51. The van der Waals surface area contributed by atoms with Gasteiger partial charge in [-0.15, -0.1) is 0 Å². The molecule has 1 amide bonds. The number of carboxylic acids is 1. The van der Waals surface area contributed by atoms with Gasteiger partial charge in [-0.2, -0.15) is 4.31 Å². The highest BCUT2D eigenvalue weighted by molar-refractivity contribution is 7.89. The summed E-state index contributed by atoms with van der Waals surface area (Å²) in [5, 5.41) is 11.5. The Bertz CT molecular complexity index is 788. The van der Waals surface area contributed by atoms with E-state index in [0.29, 0.717) is 25.2 Å². The molecule has 0 unspecified atom stereocenters. The Kier molecular flexibility index (Phi) is 5.59. The van der Waals surface area contributed by atoms with Crippen molar-refractivity contribution in [3.05, 3.63) is 24.3 Å². The summed E-state index contributed by atoms with van der Waals surface area (Å²) in [6, 6.07) is 6.09. The molecule has 0 spiro atoms. The number of piperidine rings is 1. The van der Waals surface area contributed by atoms with Gasteiger partial charge in [-0.05, 0) is 43.9 Å². The van der Waals surface area contributed by atoms with Gasteiger partial charge in [0.25, 0.3) is 5.91 Å². The summed E-state index contributed by atoms with van der Waals surface area (Å²) in [5.41, 5.74) is 0.343. The molecule has 0 radical (unpaired) electrons. The Labute approximate surface area is 152 Å². The Balaban J connectivity index is 1.69. The van der Waals surface area contributed by atoms with E-state index in [-0.39, 0.29) is 11.3 Å². The summed E-state index contributed by atoms with van der Waals surface area (Å²) in [4.78, 5) is 23.3. The minimum Gasteiger partial charge on any atom is -0.479 e. The van der Waals surface area contributed by atoms with E-state index in [4.69, 9.17) is 9.84 Å². The molecule has 2 aliphatic rings. The molecule has 9 heteroatoms. The van der Waals surface area contributed by atoms with Crippen molar-refractivity contribution in [1.29, 1.82) is 0 Å². The standard InChI is InChI=1S/C17H22N2O6S/c20-16(14-7-8-15(25-14)17(21)22)18-12-5-4-6-13(11-12)26(23,24)19-9-2-1-3-10-19/h4-6,11,14-15H,1-3,7-10H2,(H,18,20)(H,21,22)/t14-,15+/m0/s1. The zero-order valence-electron chi connectivity index (χ0n) is 14.3. The Hall–Kier alpha value is -1.97. The Morgan fingerprint density at radius 2 is 1.81 bits per heavy atom. The van der Waals surface area contributed by atoms with E-state index >= 15 is 0 Å². The lowest BCUT2D eigenvalue weighted by molar-refractivity contribution is -0.150. The van der Waals surface area contributed by atoms with Crippen LogP contribution >= 0.6 is 0 Å². The number of anilines is 1. The SMILES string of the molecule is O=C(Nc1cccc(S(=O)(=O)N2CCCCC2)c1)[C@@H]1CC[C@H](C(=O)O)O1. The number of carboxylic acid groups (broad SMARTS) is 1. The van der Waals surface area contributed by atoms with Gasteiger partial charge in [-0.1, -0.05) is 12.5 Å². The molecule has 0 aromatic heterocycles. The van der Waals surface area contributed by atoms with E-state index in [1.165, 1.54) is 16.4 Å². The highest BCUT2D eigenvalue weighted by Gasteiger charge is 2.35. The first-order valence-corrected chi connectivity index (χ1v) is 10.1. The number of amides is 1. The topological polar surface area (TPSA) is 113 Å². The van der Waals surface area contributed by atoms with Gasteiger partial charge in [-0.25, -0.2) is 13.2 Å². The molecular formula is C17H22N2O6S. The third-order valence-corrected chi connectivity index (χ3v) is 6.54. The van der Waals surface area contributed by atoms with E-state index in [1.807, 2.05) is 0 Å². The molecule has 2 fully saturated rings. The maximum Gasteiger partial charge on any atom is 0.332 e. The molecular weight excluding hydrogens is 360 g/mol. The van der Waals surface area contributed by atoms with Crippen LogP contribution in [0.2, 0.25) is 0 Å². The summed E-state index contributed by atoms with van der Waals surface area (Å²) >= 11 is 0. The second-order valence-corrected chi connectivity index (χ2v) is 8.45. The molecule has 2 aliphatic heterocycles. The first-order valence-electron chi connectivity index (χ1n) is 8.67. The van der Waals surface area contributed by atoms with Gasteiger partial charge in [0.1, 0.15) is 6.10 Å². The van der Waals surface area contributed by atoms with Crippen LogP contribution in [-0.2, 0) is 24.3 Å². The zero-order valence-corrected chi connectivity index (χ0v) is 15.1. The third kappa shape index (κ3) is 4.05. The van der Waals surface area contributed by atoms with Crippen LogP contribution in [0.25, 0.3) is 0 Å². The van der Waals surface area contributed by atoms with Gasteiger partial charge in [0.2, 0.25) is 10.0 Å². The monoisotopic (exact) mass is 382 g/mol. The van der Waals surface area contributed by atoms with Crippen molar-refractivity contribution >= 4 is 27.6 Å². The predicted molar refractivity (Wildman–Crippen MR) is 93.2 cm³/mol. The van der Waals surface area contributed by atoms with Crippen LogP contribution < -0.4 is 5.32 Å². The Morgan fingerprint density at radius 3 is 2.46 bits per heavy atom. The highest BCUT2D eigenvalue weighted by Crippen LogP contribution is 2.24. The number of carbonyl (C=O) groups is 2. The van der Waals surface area contributed by atoms with E-state index in [0.717, 1.165) is 19.3 Å². The fourth-order valence-electron chi connectivity index (χ4n) is 3.22. The van der Waals surface area contributed by atoms with Crippen molar-refractivity contribution in [2.45, 2.75) is 49.2 Å². The van der Waals surface area contributed by atoms with Crippen LogP contribution in [-0.4, -0.2) is 55.0 Å². The van der Waals surface area contributed by atoms with E-state index in [9.17, 15) is 18.0 Å². The quantitative estimate of drug-likeness (QED) is 0.797. The molecule has 1 aromatic rings. The molecule has 2 atom stereocenters. The van der Waals surface area contributed by atoms with Crippen LogP contribution in [0.15, 0.2) is 29.2 Å². The van der Waals surface area contributed by atoms with Gasteiger partial charge < -0.3 is 15.2 Å². The summed E-state index contributed by atoms with van der Waals surface area (Å²) in [6.45, 7) is 1.01. The lowest BCUT2D eigenvalue weighted by atomic mass is 10.2. The number of aliphatic carboxylic acids is 1.